The summed E-state index contributed by atoms with van der Waals surface area (Å²) in [7, 11) is 0. The first-order chi connectivity index (χ1) is 8.57. The molecule has 0 aromatic rings. The first-order valence-corrected chi connectivity index (χ1v) is 7.47. The van der Waals surface area contributed by atoms with Gasteiger partial charge < -0.3 is 10.2 Å². The summed E-state index contributed by atoms with van der Waals surface area (Å²) in [4.78, 5) is 10.5. The number of carboxylic acid groups (broad SMARTS) is 1. The zero-order valence-electron chi connectivity index (χ0n) is 12.0. The Kier molecular flexibility index (Phi) is 11.2. The van der Waals surface area contributed by atoms with Crippen molar-refractivity contribution in [2.24, 2.45) is 5.92 Å². The van der Waals surface area contributed by atoms with Gasteiger partial charge in [0, 0.05) is 0 Å². The van der Waals surface area contributed by atoms with Gasteiger partial charge in [-0.25, -0.2) is 0 Å². The van der Waals surface area contributed by atoms with E-state index in [2.05, 4.69) is 6.92 Å². The molecule has 3 nitrogen and oxygen atoms in total. The van der Waals surface area contributed by atoms with Gasteiger partial charge in [-0.3, -0.25) is 4.79 Å². The molecule has 0 aromatic carbocycles. The molecular formula is C15H30O3. The highest BCUT2D eigenvalue weighted by molar-refractivity contribution is 5.67. The number of rotatable bonds is 12. The van der Waals surface area contributed by atoms with Crippen LogP contribution in [0, 0.1) is 5.92 Å². The fraction of sp³-hybridized carbons (Fsp3) is 0.933. The van der Waals surface area contributed by atoms with Gasteiger partial charge in [0.15, 0.2) is 0 Å². The van der Waals surface area contributed by atoms with E-state index in [1.165, 1.54) is 44.9 Å². The molecular weight excluding hydrogens is 228 g/mol. The number of aliphatic carboxylic acids is 1. The van der Waals surface area contributed by atoms with Crippen LogP contribution >= 0.6 is 0 Å². The molecule has 108 valence electrons. The van der Waals surface area contributed by atoms with Gasteiger partial charge in [0.1, 0.15) is 0 Å². The Bertz CT molecular complexity index is 204. The summed E-state index contributed by atoms with van der Waals surface area (Å²) in [6, 6.07) is 0. The van der Waals surface area contributed by atoms with Crippen molar-refractivity contribution in [2.45, 2.75) is 84.2 Å². The topological polar surface area (TPSA) is 57.5 Å². The van der Waals surface area contributed by atoms with Crippen molar-refractivity contribution in [3.63, 3.8) is 0 Å². The minimum atomic E-state index is -0.912. The average molecular weight is 258 g/mol. The molecule has 18 heavy (non-hydrogen) atoms. The smallest absolute Gasteiger partial charge is 0.305 e. The highest BCUT2D eigenvalue weighted by Gasteiger charge is 2.16. The van der Waals surface area contributed by atoms with Crippen molar-refractivity contribution in [1.29, 1.82) is 0 Å². The third-order valence-electron chi connectivity index (χ3n) is 3.55. The van der Waals surface area contributed by atoms with Gasteiger partial charge in [-0.1, -0.05) is 65.2 Å². The van der Waals surface area contributed by atoms with Crippen LogP contribution in [-0.2, 0) is 4.79 Å². The van der Waals surface area contributed by atoms with E-state index >= 15 is 0 Å². The largest absolute Gasteiger partial charge is 0.481 e. The average Bonchev–Trinajstić information content (AvgIpc) is 2.31. The zero-order valence-corrected chi connectivity index (χ0v) is 12.0. The third kappa shape index (κ3) is 10.6. The van der Waals surface area contributed by atoms with E-state index in [4.69, 9.17) is 5.11 Å². The van der Waals surface area contributed by atoms with Crippen LogP contribution in [0.4, 0.5) is 0 Å². The number of aliphatic hydroxyl groups is 1. The molecule has 0 aliphatic heterocycles. The van der Waals surface area contributed by atoms with Crippen molar-refractivity contribution in [3.8, 4) is 0 Å². The number of aliphatic hydroxyl groups excluding tert-OH is 1. The maximum Gasteiger partial charge on any atom is 0.305 e. The van der Waals surface area contributed by atoms with Crippen LogP contribution in [0.15, 0.2) is 0 Å². The monoisotopic (exact) mass is 258 g/mol. The molecule has 2 atom stereocenters. The van der Waals surface area contributed by atoms with E-state index in [0.717, 1.165) is 12.8 Å². The van der Waals surface area contributed by atoms with E-state index < -0.39 is 12.1 Å². The lowest BCUT2D eigenvalue weighted by molar-refractivity contribution is -0.139. The molecule has 2 N–H and O–H groups in total. The third-order valence-corrected chi connectivity index (χ3v) is 3.55. The molecule has 0 saturated carbocycles. The summed E-state index contributed by atoms with van der Waals surface area (Å²) in [6.07, 6.45) is 10.3. The van der Waals surface area contributed by atoms with Crippen LogP contribution in [0.1, 0.15) is 78.1 Å². The maximum absolute atomic E-state index is 10.5. The summed E-state index contributed by atoms with van der Waals surface area (Å²) >= 11 is 0. The van der Waals surface area contributed by atoms with Gasteiger partial charge in [0.25, 0.3) is 0 Å². The van der Waals surface area contributed by atoms with E-state index in [1.54, 1.807) is 0 Å². The van der Waals surface area contributed by atoms with E-state index in [-0.39, 0.29) is 12.3 Å². The maximum atomic E-state index is 10.5. The summed E-state index contributed by atoms with van der Waals surface area (Å²) in [6.45, 7) is 4.17. The highest BCUT2D eigenvalue weighted by Crippen LogP contribution is 2.17. The van der Waals surface area contributed by atoms with Gasteiger partial charge in [-0.05, 0) is 12.3 Å². The van der Waals surface area contributed by atoms with Crippen LogP contribution in [-0.4, -0.2) is 22.3 Å². The van der Waals surface area contributed by atoms with Crippen LogP contribution in [0.2, 0.25) is 0 Å². The minimum absolute atomic E-state index is 0.0983. The van der Waals surface area contributed by atoms with Gasteiger partial charge in [0.05, 0.1) is 12.5 Å². The van der Waals surface area contributed by atoms with Crippen molar-refractivity contribution in [1.82, 2.24) is 0 Å². The van der Waals surface area contributed by atoms with Crippen molar-refractivity contribution in [2.75, 3.05) is 0 Å². The van der Waals surface area contributed by atoms with E-state index in [9.17, 15) is 9.90 Å². The quantitative estimate of drug-likeness (QED) is 0.520. The molecule has 0 saturated heterocycles. The Morgan fingerprint density at radius 2 is 1.50 bits per heavy atom. The first kappa shape index (κ1) is 17.4. The van der Waals surface area contributed by atoms with Crippen molar-refractivity contribution in [3.05, 3.63) is 0 Å². The summed E-state index contributed by atoms with van der Waals surface area (Å²) in [5.41, 5.74) is 0. The SMILES string of the molecule is CCCCCCCCCC[C@@H](C)[C@H](O)CC(=O)O. The van der Waals surface area contributed by atoms with Crippen LogP contribution in [0.3, 0.4) is 0 Å². The Morgan fingerprint density at radius 1 is 1.00 bits per heavy atom. The molecule has 0 amide bonds. The lowest BCUT2D eigenvalue weighted by Gasteiger charge is -2.16. The van der Waals surface area contributed by atoms with Gasteiger partial charge >= 0.3 is 5.97 Å². The van der Waals surface area contributed by atoms with Gasteiger partial charge in [-0.2, -0.15) is 0 Å². The molecule has 0 radical (unpaired) electrons. The Morgan fingerprint density at radius 3 is 2.00 bits per heavy atom. The lowest BCUT2D eigenvalue weighted by atomic mass is 9.95. The Labute approximate surface area is 112 Å². The number of hydrogen-bond acceptors (Lipinski definition) is 2. The summed E-state index contributed by atoms with van der Waals surface area (Å²) in [5, 5.41) is 18.2. The second-order valence-corrected chi connectivity index (χ2v) is 5.41. The normalized spacial score (nSPS) is 14.4. The standard InChI is InChI=1S/C15H30O3/c1-3-4-5-6-7-8-9-10-11-13(2)14(16)12-15(17)18/h13-14,16H,3-12H2,1-2H3,(H,17,18)/t13-,14-/m1/s1. The van der Waals surface area contributed by atoms with Crippen LogP contribution in [0.25, 0.3) is 0 Å². The molecule has 0 aromatic heterocycles. The van der Waals surface area contributed by atoms with E-state index in [1.807, 2.05) is 6.92 Å². The Hall–Kier alpha value is -0.570. The van der Waals surface area contributed by atoms with Gasteiger partial charge in [-0.15, -0.1) is 0 Å². The minimum Gasteiger partial charge on any atom is -0.481 e. The predicted octanol–water partition coefficient (Wildman–Crippen LogP) is 3.99. The molecule has 0 unspecified atom stereocenters. The number of carboxylic acids is 1. The first-order valence-electron chi connectivity index (χ1n) is 7.47. The predicted molar refractivity (Wildman–Crippen MR) is 74.7 cm³/mol. The van der Waals surface area contributed by atoms with Gasteiger partial charge in [0.2, 0.25) is 0 Å². The highest BCUT2D eigenvalue weighted by atomic mass is 16.4. The zero-order chi connectivity index (χ0) is 13.8. The summed E-state index contributed by atoms with van der Waals surface area (Å²) in [5.74, 6) is -0.813. The van der Waals surface area contributed by atoms with Crippen molar-refractivity contribution >= 4 is 5.97 Å². The molecule has 0 aliphatic rings. The number of unbranched alkanes of at least 4 members (excludes halogenated alkanes) is 7. The second-order valence-electron chi connectivity index (χ2n) is 5.41. The molecule has 3 heteroatoms. The fourth-order valence-corrected chi connectivity index (χ4v) is 2.17. The van der Waals surface area contributed by atoms with Crippen molar-refractivity contribution < 1.29 is 15.0 Å². The van der Waals surface area contributed by atoms with Crippen LogP contribution < -0.4 is 0 Å². The fourth-order valence-electron chi connectivity index (χ4n) is 2.17. The second kappa shape index (κ2) is 11.5. The number of carbonyl (C=O) groups is 1. The molecule has 0 bridgehead atoms. The molecule has 0 fully saturated rings. The Balaban J connectivity index is 3.34. The molecule has 0 aliphatic carbocycles. The lowest BCUT2D eigenvalue weighted by Crippen LogP contribution is -2.21. The molecule has 0 heterocycles. The van der Waals surface area contributed by atoms with Crippen LogP contribution in [0.5, 0.6) is 0 Å². The van der Waals surface area contributed by atoms with E-state index in [0.29, 0.717) is 0 Å². The summed E-state index contributed by atoms with van der Waals surface area (Å²) < 4.78 is 0. The molecule has 0 spiro atoms. The number of hydrogen-bond donors (Lipinski definition) is 2. The molecule has 0 rings (SSSR count).